The Morgan fingerprint density at radius 3 is 2.57 bits per heavy atom. The van der Waals surface area contributed by atoms with Crippen LogP contribution >= 0.6 is 0 Å². The second kappa shape index (κ2) is 14.7. The summed E-state index contributed by atoms with van der Waals surface area (Å²) < 4.78 is 0. The summed E-state index contributed by atoms with van der Waals surface area (Å²) in [5, 5.41) is 8.44. The van der Waals surface area contributed by atoms with Crippen molar-refractivity contribution in [1.82, 2.24) is 0 Å². The minimum absolute atomic E-state index is 0.180. The first-order valence-corrected chi connectivity index (χ1v) is 7.98. The van der Waals surface area contributed by atoms with Crippen LogP contribution in [0.15, 0.2) is 12.2 Å². The molecule has 0 unspecified atom stereocenters. The second-order valence-corrected chi connectivity index (χ2v) is 5.61. The van der Waals surface area contributed by atoms with Crippen LogP contribution in [0.1, 0.15) is 71.6 Å². The van der Waals surface area contributed by atoms with Crippen molar-refractivity contribution in [3.8, 4) is 23.7 Å². The molecule has 1 N–H and O–H groups in total. The summed E-state index contributed by atoms with van der Waals surface area (Å²) in [4.78, 5) is 10.3. The number of allylic oxidation sites excluding steroid dienone is 2. The average molecular weight is 288 g/mol. The number of aliphatic carboxylic acids is 1. The monoisotopic (exact) mass is 288 g/mol. The van der Waals surface area contributed by atoms with E-state index in [4.69, 9.17) is 5.11 Å². The third-order valence-electron chi connectivity index (χ3n) is 3.02. The highest BCUT2D eigenvalue weighted by molar-refractivity contribution is 5.66. The average Bonchev–Trinajstić information content (AvgIpc) is 2.42. The third kappa shape index (κ3) is 18.3. The number of carbonyl (C=O) groups is 1. The van der Waals surface area contributed by atoms with Crippen molar-refractivity contribution in [3.05, 3.63) is 12.2 Å². The van der Waals surface area contributed by atoms with Crippen LogP contribution in [0.25, 0.3) is 0 Å². The molecule has 0 aromatic heterocycles. The van der Waals surface area contributed by atoms with Crippen molar-refractivity contribution in [3.63, 3.8) is 0 Å². The van der Waals surface area contributed by atoms with Gasteiger partial charge < -0.3 is 5.11 Å². The van der Waals surface area contributed by atoms with Crippen LogP contribution in [0, 0.1) is 29.6 Å². The number of rotatable bonds is 10. The Hall–Kier alpha value is -1.67. The van der Waals surface area contributed by atoms with E-state index in [1.165, 1.54) is 32.1 Å². The van der Waals surface area contributed by atoms with Crippen LogP contribution in [0.3, 0.4) is 0 Å². The molecule has 0 aliphatic rings. The van der Waals surface area contributed by atoms with E-state index in [0.29, 0.717) is 12.8 Å². The van der Waals surface area contributed by atoms with Gasteiger partial charge in [-0.3, -0.25) is 4.79 Å². The SMILES string of the molecule is CC(C)CCCCCC/C=C/C#CC#CCCCC(=O)O. The van der Waals surface area contributed by atoms with E-state index in [0.717, 1.165) is 12.3 Å². The maximum absolute atomic E-state index is 10.3. The van der Waals surface area contributed by atoms with Crippen LogP contribution in [0.2, 0.25) is 0 Å². The maximum atomic E-state index is 10.3. The Morgan fingerprint density at radius 2 is 1.86 bits per heavy atom. The predicted octanol–water partition coefficient (Wildman–Crippen LogP) is 4.80. The van der Waals surface area contributed by atoms with Gasteiger partial charge in [0.15, 0.2) is 0 Å². The van der Waals surface area contributed by atoms with Gasteiger partial charge in [-0.25, -0.2) is 0 Å². The topological polar surface area (TPSA) is 37.3 Å². The minimum Gasteiger partial charge on any atom is -0.481 e. The Labute approximate surface area is 130 Å². The fourth-order valence-electron chi connectivity index (χ4n) is 1.82. The zero-order valence-electron chi connectivity index (χ0n) is 13.5. The van der Waals surface area contributed by atoms with Crippen LogP contribution < -0.4 is 0 Å². The molecule has 0 saturated heterocycles. The fraction of sp³-hybridized carbons (Fsp3) is 0.632. The second-order valence-electron chi connectivity index (χ2n) is 5.61. The van der Waals surface area contributed by atoms with E-state index in [2.05, 4.69) is 43.6 Å². The molecule has 2 heteroatoms. The van der Waals surface area contributed by atoms with Crippen LogP contribution in [0.4, 0.5) is 0 Å². The molecule has 0 aliphatic carbocycles. The molecule has 2 nitrogen and oxygen atoms in total. The van der Waals surface area contributed by atoms with Gasteiger partial charge in [0.25, 0.3) is 0 Å². The number of carboxylic acid groups (broad SMARTS) is 1. The number of hydrogen-bond acceptors (Lipinski definition) is 1. The van der Waals surface area contributed by atoms with Crippen molar-refractivity contribution in [1.29, 1.82) is 0 Å². The normalized spacial score (nSPS) is 10.0. The fourth-order valence-corrected chi connectivity index (χ4v) is 1.82. The molecule has 0 saturated carbocycles. The van der Waals surface area contributed by atoms with Crippen LogP contribution in [-0.4, -0.2) is 11.1 Å². The van der Waals surface area contributed by atoms with Crippen molar-refractivity contribution >= 4 is 5.97 Å². The van der Waals surface area contributed by atoms with Gasteiger partial charge in [0.05, 0.1) is 0 Å². The molecule has 0 amide bonds. The quantitative estimate of drug-likeness (QED) is 0.463. The summed E-state index contributed by atoms with van der Waals surface area (Å²) in [5.74, 6) is 11.3. The summed E-state index contributed by atoms with van der Waals surface area (Å²) in [6, 6.07) is 0. The van der Waals surface area contributed by atoms with E-state index >= 15 is 0 Å². The number of unbranched alkanes of at least 4 members (excludes halogenated alkanes) is 5. The van der Waals surface area contributed by atoms with Crippen LogP contribution in [0.5, 0.6) is 0 Å². The highest BCUT2D eigenvalue weighted by atomic mass is 16.4. The predicted molar refractivity (Wildman–Crippen MR) is 88.7 cm³/mol. The molecule has 0 radical (unpaired) electrons. The van der Waals surface area contributed by atoms with Crippen molar-refractivity contribution in [2.75, 3.05) is 0 Å². The molecule has 0 atom stereocenters. The Bertz CT molecular complexity index is 410. The minimum atomic E-state index is -0.768. The molecule has 0 aromatic rings. The van der Waals surface area contributed by atoms with Gasteiger partial charge in [-0.05, 0) is 43.1 Å². The Morgan fingerprint density at radius 1 is 1.10 bits per heavy atom. The highest BCUT2D eigenvalue weighted by Crippen LogP contribution is 2.10. The molecule has 0 aromatic carbocycles. The first-order chi connectivity index (χ1) is 10.1. The van der Waals surface area contributed by atoms with Gasteiger partial charge in [0.1, 0.15) is 0 Å². The van der Waals surface area contributed by atoms with Crippen LogP contribution in [-0.2, 0) is 4.79 Å². The molecular formula is C19H28O2. The smallest absolute Gasteiger partial charge is 0.303 e. The lowest BCUT2D eigenvalue weighted by Gasteiger charge is -2.02. The van der Waals surface area contributed by atoms with Gasteiger partial charge in [0.2, 0.25) is 0 Å². The van der Waals surface area contributed by atoms with Crippen molar-refractivity contribution < 1.29 is 9.90 Å². The first kappa shape index (κ1) is 19.3. The molecule has 116 valence electrons. The van der Waals surface area contributed by atoms with E-state index < -0.39 is 5.97 Å². The van der Waals surface area contributed by atoms with Crippen molar-refractivity contribution in [2.24, 2.45) is 5.92 Å². The number of hydrogen-bond donors (Lipinski definition) is 1. The van der Waals surface area contributed by atoms with Gasteiger partial charge >= 0.3 is 5.97 Å². The van der Waals surface area contributed by atoms with Gasteiger partial charge in [-0.15, -0.1) is 0 Å². The number of carboxylic acids is 1. The molecule has 0 aliphatic heterocycles. The highest BCUT2D eigenvalue weighted by Gasteiger charge is 1.93. The molecule has 0 spiro atoms. The molecule has 0 fully saturated rings. The zero-order chi connectivity index (χ0) is 15.8. The third-order valence-corrected chi connectivity index (χ3v) is 3.02. The Balaban J connectivity index is 3.45. The Kier molecular flexibility index (Phi) is 13.6. The summed E-state index contributed by atoms with van der Waals surface area (Å²) in [6.07, 6.45) is 13.0. The molecule has 21 heavy (non-hydrogen) atoms. The van der Waals surface area contributed by atoms with E-state index in [1.54, 1.807) is 0 Å². The molecule has 0 bridgehead atoms. The largest absolute Gasteiger partial charge is 0.481 e. The zero-order valence-corrected chi connectivity index (χ0v) is 13.5. The standard InChI is InChI=1S/C19H28O2/c1-18(2)16-14-12-10-8-6-4-3-5-7-9-11-13-15-17-19(20)21/h3-4,18H,6,8,10,12-17H2,1-2H3,(H,20,21)/b4-3+. The summed E-state index contributed by atoms with van der Waals surface area (Å²) in [6.45, 7) is 4.55. The first-order valence-electron chi connectivity index (χ1n) is 7.98. The van der Waals surface area contributed by atoms with Gasteiger partial charge in [0, 0.05) is 12.8 Å². The molecule has 0 rings (SSSR count). The van der Waals surface area contributed by atoms with E-state index in [-0.39, 0.29) is 6.42 Å². The van der Waals surface area contributed by atoms with Gasteiger partial charge in [-0.2, -0.15) is 0 Å². The van der Waals surface area contributed by atoms with Crippen molar-refractivity contribution in [2.45, 2.75) is 71.6 Å². The van der Waals surface area contributed by atoms with Gasteiger partial charge in [-0.1, -0.05) is 57.4 Å². The summed E-state index contributed by atoms with van der Waals surface area (Å²) >= 11 is 0. The lowest BCUT2D eigenvalue weighted by Crippen LogP contribution is -1.92. The van der Waals surface area contributed by atoms with E-state index in [9.17, 15) is 4.79 Å². The molecule has 0 heterocycles. The molecular weight excluding hydrogens is 260 g/mol. The lowest BCUT2D eigenvalue weighted by atomic mass is 10.0. The summed E-state index contributed by atoms with van der Waals surface area (Å²) in [5.41, 5.74) is 0. The lowest BCUT2D eigenvalue weighted by molar-refractivity contribution is -0.137. The van der Waals surface area contributed by atoms with E-state index in [1.807, 2.05) is 6.08 Å². The summed E-state index contributed by atoms with van der Waals surface area (Å²) in [7, 11) is 0. The maximum Gasteiger partial charge on any atom is 0.303 e.